The second kappa shape index (κ2) is 9.35. The molecule has 4 rings (SSSR count). The van der Waals surface area contributed by atoms with E-state index in [1.807, 2.05) is 24.3 Å². The molecule has 0 aliphatic heterocycles. The summed E-state index contributed by atoms with van der Waals surface area (Å²) in [4.78, 5) is 20.2. The van der Waals surface area contributed by atoms with Crippen molar-refractivity contribution >= 4 is 28.6 Å². The number of nitrogens with two attached hydrogens (primary N) is 2. The summed E-state index contributed by atoms with van der Waals surface area (Å²) in [6.07, 6.45) is 2.05. The van der Waals surface area contributed by atoms with Crippen LogP contribution in [0.15, 0.2) is 41.5 Å². The number of fused-ring (bicyclic) bond motifs is 1. The topological polar surface area (TPSA) is 194 Å². The fourth-order valence-corrected chi connectivity index (χ4v) is 3.71. The quantitative estimate of drug-likeness (QED) is 0.202. The zero-order valence-corrected chi connectivity index (χ0v) is 19.2. The molecule has 0 saturated carbocycles. The van der Waals surface area contributed by atoms with E-state index in [9.17, 15) is 15.0 Å². The molecule has 7 N–H and O–H groups in total. The number of hydrogen-bond donors (Lipinski definition) is 5. The Morgan fingerprint density at radius 1 is 1.14 bits per heavy atom. The number of aromatic hydroxyl groups is 1. The summed E-state index contributed by atoms with van der Waals surface area (Å²) in [6, 6.07) is 9.14. The van der Waals surface area contributed by atoms with Crippen molar-refractivity contribution in [2.75, 3.05) is 0 Å². The highest BCUT2D eigenvalue weighted by molar-refractivity contribution is 6.09. The first-order valence-corrected chi connectivity index (χ1v) is 10.7. The fourth-order valence-electron chi connectivity index (χ4n) is 3.71. The fraction of sp³-hybridized carbons (Fsp3) is 0.217. The molecule has 4 aromatic rings. The lowest BCUT2D eigenvalue weighted by Gasteiger charge is -2.09. The van der Waals surface area contributed by atoms with Crippen LogP contribution in [-0.4, -0.2) is 52.5 Å². The number of amidine groups is 1. The second-order valence-electron chi connectivity index (χ2n) is 8.02. The van der Waals surface area contributed by atoms with Crippen LogP contribution in [0.1, 0.15) is 38.7 Å². The van der Waals surface area contributed by atoms with Crippen molar-refractivity contribution in [1.29, 1.82) is 5.41 Å². The first kappa shape index (κ1) is 23.6. The monoisotopic (exact) mass is 475 g/mol. The molecule has 0 aliphatic carbocycles. The number of carbonyl (C=O) groups is 1. The molecule has 0 atom stereocenters. The number of aliphatic imine (C=N–C) groups is 1. The van der Waals surface area contributed by atoms with Gasteiger partial charge in [-0.15, -0.1) is 0 Å². The van der Waals surface area contributed by atoms with Crippen LogP contribution in [0.4, 0.5) is 0 Å². The maximum atomic E-state index is 11.9. The van der Waals surface area contributed by atoms with Gasteiger partial charge in [-0.2, -0.15) is 19.9 Å². The van der Waals surface area contributed by atoms with Crippen molar-refractivity contribution in [1.82, 2.24) is 24.5 Å². The molecule has 1 aromatic carbocycles. The van der Waals surface area contributed by atoms with Crippen LogP contribution in [0.25, 0.3) is 10.9 Å². The number of benzene rings is 1. The number of aryl methyl sites for hydroxylation is 4. The molecule has 180 valence electrons. The minimum Gasteiger partial charge on any atom is -0.504 e. The molecule has 12 heteroatoms. The molecule has 0 radical (unpaired) electrons. The van der Waals surface area contributed by atoms with Gasteiger partial charge in [0.05, 0.1) is 18.3 Å². The van der Waals surface area contributed by atoms with Crippen molar-refractivity contribution in [3.8, 4) is 5.75 Å². The number of amides is 1. The van der Waals surface area contributed by atoms with Gasteiger partial charge in [0.25, 0.3) is 5.91 Å². The summed E-state index contributed by atoms with van der Waals surface area (Å²) in [5.41, 5.74) is 15.0. The van der Waals surface area contributed by atoms with E-state index in [0.717, 1.165) is 15.8 Å². The molecule has 0 fully saturated rings. The highest BCUT2D eigenvalue weighted by Gasteiger charge is 2.21. The van der Waals surface area contributed by atoms with Crippen molar-refractivity contribution < 1.29 is 15.0 Å². The molecule has 0 unspecified atom stereocenters. The summed E-state index contributed by atoms with van der Waals surface area (Å²) in [5, 5.41) is 37.1. The lowest BCUT2D eigenvalue weighted by Crippen LogP contribution is -2.24. The summed E-state index contributed by atoms with van der Waals surface area (Å²) in [5.74, 6) is -1.43. The SMILES string of the molecule is Cc1cc2c(C(N)=O)nn(C(=N)/N=C(\N)c3c(O)c(C)nn3CCc3ccc(CO)cc3)c2cn1. The van der Waals surface area contributed by atoms with Gasteiger partial charge in [-0.3, -0.25) is 19.9 Å². The van der Waals surface area contributed by atoms with Gasteiger partial charge in [-0.25, -0.2) is 0 Å². The number of aromatic nitrogens is 5. The third-order valence-corrected chi connectivity index (χ3v) is 5.52. The second-order valence-corrected chi connectivity index (χ2v) is 8.02. The van der Waals surface area contributed by atoms with E-state index in [1.54, 1.807) is 19.9 Å². The molecule has 0 bridgehead atoms. The minimum absolute atomic E-state index is 0.0139. The number of nitrogens with zero attached hydrogens (tertiary/aromatic N) is 6. The number of aliphatic hydroxyl groups is 1. The number of pyridine rings is 1. The third kappa shape index (κ3) is 4.59. The Bertz CT molecular complexity index is 1470. The van der Waals surface area contributed by atoms with Gasteiger partial charge in [0.15, 0.2) is 17.3 Å². The molecule has 1 amide bonds. The number of hydrogen-bond acceptors (Lipinski definition) is 7. The molecular weight excluding hydrogens is 450 g/mol. The summed E-state index contributed by atoms with van der Waals surface area (Å²) in [7, 11) is 0. The Balaban J connectivity index is 1.66. The predicted molar refractivity (Wildman–Crippen MR) is 129 cm³/mol. The summed E-state index contributed by atoms with van der Waals surface area (Å²) >= 11 is 0. The Morgan fingerprint density at radius 2 is 1.83 bits per heavy atom. The Labute approximate surface area is 200 Å². The average molecular weight is 476 g/mol. The number of aliphatic hydroxyl groups excluding tert-OH is 1. The minimum atomic E-state index is -0.748. The van der Waals surface area contributed by atoms with Gasteiger partial charge in [0, 0.05) is 17.6 Å². The zero-order valence-electron chi connectivity index (χ0n) is 19.2. The van der Waals surface area contributed by atoms with Crippen LogP contribution < -0.4 is 11.5 Å². The largest absolute Gasteiger partial charge is 0.504 e. The molecule has 12 nitrogen and oxygen atoms in total. The van der Waals surface area contributed by atoms with Gasteiger partial charge in [0.1, 0.15) is 11.4 Å². The first-order chi connectivity index (χ1) is 16.7. The number of carbonyl (C=O) groups excluding carboxylic acids is 1. The zero-order chi connectivity index (χ0) is 25.3. The molecule has 3 aromatic heterocycles. The van der Waals surface area contributed by atoms with Crippen molar-refractivity contribution in [2.24, 2.45) is 16.5 Å². The van der Waals surface area contributed by atoms with Gasteiger partial charge >= 0.3 is 0 Å². The van der Waals surface area contributed by atoms with E-state index >= 15 is 0 Å². The van der Waals surface area contributed by atoms with E-state index in [2.05, 4.69) is 20.2 Å². The lowest BCUT2D eigenvalue weighted by molar-refractivity contribution is 0.0996. The van der Waals surface area contributed by atoms with Crippen LogP contribution >= 0.6 is 0 Å². The van der Waals surface area contributed by atoms with Gasteiger partial charge < -0.3 is 21.7 Å². The van der Waals surface area contributed by atoms with Crippen LogP contribution in [-0.2, 0) is 19.6 Å². The smallest absolute Gasteiger partial charge is 0.269 e. The molecular formula is C23H25N9O3. The lowest BCUT2D eigenvalue weighted by atomic mass is 10.1. The number of rotatable bonds is 6. The van der Waals surface area contributed by atoms with Crippen LogP contribution in [0.3, 0.4) is 0 Å². The number of nitrogens with one attached hydrogen (secondary N) is 1. The van der Waals surface area contributed by atoms with Gasteiger partial charge in [-0.1, -0.05) is 24.3 Å². The van der Waals surface area contributed by atoms with E-state index in [1.165, 1.54) is 10.9 Å². The van der Waals surface area contributed by atoms with E-state index < -0.39 is 11.9 Å². The Hall–Kier alpha value is -4.58. The first-order valence-electron chi connectivity index (χ1n) is 10.7. The summed E-state index contributed by atoms with van der Waals surface area (Å²) < 4.78 is 2.64. The van der Waals surface area contributed by atoms with Gasteiger partial charge in [-0.05, 0) is 37.5 Å². The molecule has 3 heterocycles. The Kier molecular flexibility index (Phi) is 6.30. The van der Waals surface area contributed by atoms with Crippen molar-refractivity contribution in [3.63, 3.8) is 0 Å². The highest BCUT2D eigenvalue weighted by atomic mass is 16.3. The summed E-state index contributed by atoms with van der Waals surface area (Å²) in [6.45, 7) is 3.75. The maximum absolute atomic E-state index is 11.9. The maximum Gasteiger partial charge on any atom is 0.269 e. The normalized spacial score (nSPS) is 11.8. The van der Waals surface area contributed by atoms with Crippen LogP contribution in [0.2, 0.25) is 0 Å². The standard InChI is InChI=1S/C23H25N9O3/c1-12-9-16-17(10-27-12)32(30-18(16)22(25)35)23(26)28-21(24)19-20(34)13(2)29-31(19)8-7-14-3-5-15(11-33)6-4-14/h3-6,9-10,33-34H,7-8,11H2,1-2H3,(H2,25,35)(H3,24,26,28). The molecule has 0 saturated heterocycles. The molecule has 0 spiro atoms. The number of primary amides is 1. The van der Waals surface area contributed by atoms with Crippen molar-refractivity contribution in [3.05, 3.63) is 70.4 Å². The van der Waals surface area contributed by atoms with E-state index in [-0.39, 0.29) is 29.6 Å². The van der Waals surface area contributed by atoms with Gasteiger partial charge in [0.2, 0.25) is 5.96 Å². The van der Waals surface area contributed by atoms with Crippen LogP contribution in [0, 0.1) is 19.3 Å². The third-order valence-electron chi connectivity index (χ3n) is 5.52. The van der Waals surface area contributed by atoms with Crippen LogP contribution in [0.5, 0.6) is 5.75 Å². The highest BCUT2D eigenvalue weighted by Crippen LogP contribution is 2.23. The Morgan fingerprint density at radius 3 is 2.49 bits per heavy atom. The van der Waals surface area contributed by atoms with E-state index in [0.29, 0.717) is 35.3 Å². The average Bonchev–Trinajstić information content (AvgIpc) is 3.35. The van der Waals surface area contributed by atoms with E-state index in [4.69, 9.17) is 16.9 Å². The van der Waals surface area contributed by atoms with Crippen molar-refractivity contribution in [2.45, 2.75) is 33.4 Å². The molecule has 0 aliphatic rings. The predicted octanol–water partition coefficient (Wildman–Crippen LogP) is 0.973. The molecule has 35 heavy (non-hydrogen) atoms.